The van der Waals surface area contributed by atoms with Crippen LogP contribution in [-0.2, 0) is 14.3 Å². The molecule has 2 rings (SSSR count). The number of methoxy groups -OCH3 is 2. The third kappa shape index (κ3) is 6.91. The molecule has 0 aromatic heterocycles. The van der Waals surface area contributed by atoms with Gasteiger partial charge in [-0.2, -0.15) is 0 Å². The number of carbonyl (C=O) groups is 2. The Kier molecular flexibility index (Phi) is 8.73. The van der Waals surface area contributed by atoms with Crippen molar-refractivity contribution in [2.24, 2.45) is 0 Å². The summed E-state index contributed by atoms with van der Waals surface area (Å²) < 4.78 is 21.3. The summed E-state index contributed by atoms with van der Waals surface area (Å²) in [4.78, 5) is 24.3. The highest BCUT2D eigenvalue weighted by Crippen LogP contribution is 2.29. The maximum atomic E-state index is 12.2. The molecule has 2 aromatic carbocycles. The van der Waals surface area contributed by atoms with Gasteiger partial charge < -0.3 is 24.3 Å². The summed E-state index contributed by atoms with van der Waals surface area (Å²) in [5, 5.41) is 2.79. The largest absolute Gasteiger partial charge is 0.497 e. The van der Waals surface area contributed by atoms with Crippen LogP contribution < -0.4 is 19.5 Å². The normalized spacial score (nSPS) is 11.6. The molecule has 0 saturated heterocycles. The van der Waals surface area contributed by atoms with Crippen LogP contribution in [0.15, 0.2) is 36.4 Å². The van der Waals surface area contributed by atoms with E-state index in [9.17, 15) is 9.59 Å². The molecule has 1 N–H and O–H groups in total. The fourth-order valence-electron chi connectivity index (χ4n) is 3.11. The Morgan fingerprint density at radius 3 is 2.29 bits per heavy atom. The zero-order valence-corrected chi connectivity index (χ0v) is 19.0. The first-order chi connectivity index (χ1) is 14.7. The molecule has 0 spiro atoms. The highest BCUT2D eigenvalue weighted by atomic mass is 16.6. The van der Waals surface area contributed by atoms with Crippen LogP contribution in [0.4, 0.5) is 0 Å². The van der Waals surface area contributed by atoms with Crippen molar-refractivity contribution in [2.75, 3.05) is 27.4 Å². The van der Waals surface area contributed by atoms with Crippen LogP contribution in [0.25, 0.3) is 0 Å². The minimum atomic E-state index is -0.613. The lowest BCUT2D eigenvalue weighted by Gasteiger charge is -2.18. The van der Waals surface area contributed by atoms with Gasteiger partial charge in [0.05, 0.1) is 20.3 Å². The van der Waals surface area contributed by atoms with Gasteiger partial charge in [0.25, 0.3) is 5.91 Å². The van der Waals surface area contributed by atoms with Crippen molar-refractivity contribution in [3.05, 3.63) is 53.1 Å². The van der Waals surface area contributed by atoms with Gasteiger partial charge in [-0.15, -0.1) is 0 Å². The van der Waals surface area contributed by atoms with Crippen LogP contribution in [0.3, 0.4) is 0 Å². The average Bonchev–Trinajstić information content (AvgIpc) is 2.75. The summed E-state index contributed by atoms with van der Waals surface area (Å²) >= 11 is 0. The van der Waals surface area contributed by atoms with Gasteiger partial charge in [-0.25, -0.2) is 4.79 Å². The Morgan fingerprint density at radius 1 is 0.903 bits per heavy atom. The van der Waals surface area contributed by atoms with E-state index in [-0.39, 0.29) is 18.6 Å². The Bertz CT molecular complexity index is 909. The number of amides is 1. The smallest absolute Gasteiger partial charge is 0.344 e. The molecule has 1 unspecified atom stereocenters. The Morgan fingerprint density at radius 2 is 1.65 bits per heavy atom. The van der Waals surface area contributed by atoms with E-state index in [1.54, 1.807) is 32.4 Å². The summed E-state index contributed by atoms with van der Waals surface area (Å²) in [6, 6.07) is 10.8. The second-order valence-electron chi connectivity index (χ2n) is 7.54. The summed E-state index contributed by atoms with van der Waals surface area (Å²) in [5.41, 5.74) is 2.80. The maximum Gasteiger partial charge on any atom is 0.344 e. The van der Waals surface area contributed by atoms with E-state index in [0.29, 0.717) is 17.2 Å². The van der Waals surface area contributed by atoms with Gasteiger partial charge in [0.1, 0.15) is 17.2 Å². The first-order valence-corrected chi connectivity index (χ1v) is 10.1. The summed E-state index contributed by atoms with van der Waals surface area (Å²) in [7, 11) is 3.12. The molecule has 168 valence electrons. The SMILES string of the molecule is COc1ccc(OC)c(C(C)NC(=O)COC(=O)COc2cc(C)ccc2C(C)C)c1. The number of hydrogen-bond donors (Lipinski definition) is 1. The Balaban J connectivity index is 1.88. The molecular weight excluding hydrogens is 398 g/mol. The Labute approximate surface area is 183 Å². The molecule has 0 bridgehead atoms. The van der Waals surface area contributed by atoms with Crippen molar-refractivity contribution in [3.8, 4) is 17.2 Å². The van der Waals surface area contributed by atoms with Gasteiger partial charge >= 0.3 is 5.97 Å². The predicted molar refractivity (Wildman–Crippen MR) is 118 cm³/mol. The van der Waals surface area contributed by atoms with Gasteiger partial charge in [0, 0.05) is 5.56 Å². The molecule has 0 heterocycles. The quantitative estimate of drug-likeness (QED) is 0.576. The van der Waals surface area contributed by atoms with E-state index >= 15 is 0 Å². The highest BCUT2D eigenvalue weighted by Gasteiger charge is 2.17. The molecule has 0 radical (unpaired) electrons. The van der Waals surface area contributed by atoms with Gasteiger partial charge in [-0.1, -0.05) is 26.0 Å². The lowest BCUT2D eigenvalue weighted by atomic mass is 10.0. The predicted octanol–water partition coefficient (Wildman–Crippen LogP) is 3.94. The van der Waals surface area contributed by atoms with Crippen molar-refractivity contribution in [1.82, 2.24) is 5.32 Å². The van der Waals surface area contributed by atoms with E-state index in [2.05, 4.69) is 19.2 Å². The van der Waals surface area contributed by atoms with Crippen molar-refractivity contribution >= 4 is 11.9 Å². The fourth-order valence-corrected chi connectivity index (χ4v) is 3.11. The van der Waals surface area contributed by atoms with Crippen LogP contribution in [0, 0.1) is 6.92 Å². The monoisotopic (exact) mass is 429 g/mol. The number of esters is 1. The summed E-state index contributed by atoms with van der Waals surface area (Å²) in [5.74, 6) is 1.14. The molecule has 2 aromatic rings. The third-order valence-corrected chi connectivity index (χ3v) is 4.78. The molecule has 0 aliphatic carbocycles. The Hall–Kier alpha value is -3.22. The number of ether oxygens (including phenoxy) is 4. The summed E-state index contributed by atoms with van der Waals surface area (Å²) in [6.07, 6.45) is 0. The standard InChI is InChI=1S/C24H31NO6/c1-15(2)19-9-7-16(3)11-22(19)30-14-24(27)31-13-23(26)25-17(4)20-12-18(28-5)8-10-21(20)29-6/h7-12,15,17H,13-14H2,1-6H3,(H,25,26). The number of nitrogens with one attached hydrogen (secondary N) is 1. The molecule has 1 amide bonds. The van der Waals surface area contributed by atoms with E-state index in [0.717, 1.165) is 16.7 Å². The minimum Gasteiger partial charge on any atom is -0.497 e. The van der Waals surface area contributed by atoms with Crippen molar-refractivity contribution in [1.29, 1.82) is 0 Å². The molecule has 7 heteroatoms. The molecular formula is C24H31NO6. The van der Waals surface area contributed by atoms with Crippen LogP contribution in [0.5, 0.6) is 17.2 Å². The van der Waals surface area contributed by atoms with Crippen LogP contribution in [0.1, 0.15) is 49.4 Å². The van der Waals surface area contributed by atoms with Crippen molar-refractivity contribution in [3.63, 3.8) is 0 Å². The van der Waals surface area contributed by atoms with E-state index in [1.807, 2.05) is 32.0 Å². The lowest BCUT2D eigenvalue weighted by molar-refractivity contribution is -0.150. The van der Waals surface area contributed by atoms with Gasteiger partial charge in [-0.3, -0.25) is 4.79 Å². The fraction of sp³-hybridized carbons (Fsp3) is 0.417. The second-order valence-corrected chi connectivity index (χ2v) is 7.54. The first-order valence-electron chi connectivity index (χ1n) is 10.1. The number of carbonyl (C=O) groups excluding carboxylic acids is 2. The zero-order chi connectivity index (χ0) is 23.0. The number of rotatable bonds is 10. The zero-order valence-electron chi connectivity index (χ0n) is 19.0. The minimum absolute atomic E-state index is 0.257. The van der Waals surface area contributed by atoms with Gasteiger partial charge in [0.2, 0.25) is 0 Å². The molecule has 0 aliphatic rings. The maximum absolute atomic E-state index is 12.2. The van der Waals surface area contributed by atoms with Gasteiger partial charge in [0.15, 0.2) is 13.2 Å². The topological polar surface area (TPSA) is 83.1 Å². The molecule has 1 atom stereocenters. The molecule has 0 aliphatic heterocycles. The summed E-state index contributed by atoms with van der Waals surface area (Å²) in [6.45, 7) is 7.21. The van der Waals surface area contributed by atoms with E-state index in [4.69, 9.17) is 18.9 Å². The molecule has 7 nitrogen and oxygen atoms in total. The lowest BCUT2D eigenvalue weighted by Crippen LogP contribution is -2.32. The number of hydrogen-bond acceptors (Lipinski definition) is 6. The van der Waals surface area contributed by atoms with Crippen LogP contribution >= 0.6 is 0 Å². The van der Waals surface area contributed by atoms with Crippen LogP contribution in [-0.4, -0.2) is 39.3 Å². The number of benzene rings is 2. The molecule has 31 heavy (non-hydrogen) atoms. The third-order valence-electron chi connectivity index (χ3n) is 4.78. The average molecular weight is 430 g/mol. The van der Waals surface area contributed by atoms with E-state index in [1.165, 1.54) is 0 Å². The van der Waals surface area contributed by atoms with Crippen molar-refractivity contribution < 1.29 is 28.5 Å². The van der Waals surface area contributed by atoms with Gasteiger partial charge in [-0.05, 0) is 55.2 Å². The first kappa shape index (κ1) is 24.1. The van der Waals surface area contributed by atoms with Crippen molar-refractivity contribution in [2.45, 2.75) is 39.7 Å². The van der Waals surface area contributed by atoms with Crippen LogP contribution in [0.2, 0.25) is 0 Å². The molecule has 0 saturated carbocycles. The van der Waals surface area contributed by atoms with E-state index < -0.39 is 18.5 Å². The number of aryl methyl sites for hydroxylation is 1. The highest BCUT2D eigenvalue weighted by molar-refractivity contribution is 5.81. The molecule has 0 fully saturated rings. The second kappa shape index (κ2) is 11.2.